The van der Waals surface area contributed by atoms with Gasteiger partial charge in [0.2, 0.25) is 0 Å². The minimum absolute atomic E-state index is 0.0473. The summed E-state index contributed by atoms with van der Waals surface area (Å²) in [5.41, 5.74) is 0.893. The third-order valence-electron chi connectivity index (χ3n) is 2.44. The van der Waals surface area contributed by atoms with E-state index in [2.05, 4.69) is 10.1 Å². The van der Waals surface area contributed by atoms with Crippen molar-refractivity contribution < 1.29 is 5.21 Å². The van der Waals surface area contributed by atoms with E-state index in [0.29, 0.717) is 5.04 Å². The highest BCUT2D eigenvalue weighted by molar-refractivity contribution is 8.17. The molecule has 0 aromatic carbocycles. The number of rotatable bonds is 0. The second kappa shape index (κ2) is 2.76. The summed E-state index contributed by atoms with van der Waals surface area (Å²) in [6.45, 7) is 1.91. The molecule has 0 atom stereocenters. The molecule has 0 amide bonds. The molecule has 1 N–H and O–H groups in total. The van der Waals surface area contributed by atoms with Gasteiger partial charge in [0.1, 0.15) is 4.87 Å². The van der Waals surface area contributed by atoms with E-state index in [4.69, 9.17) is 5.21 Å². The average molecular weight is 184 g/mol. The zero-order chi connectivity index (χ0) is 8.60. The van der Waals surface area contributed by atoms with Crippen LogP contribution in [0.4, 0.5) is 0 Å². The molecule has 0 unspecified atom stereocenters. The highest BCUT2D eigenvalue weighted by Crippen LogP contribution is 2.47. The van der Waals surface area contributed by atoms with Crippen molar-refractivity contribution in [2.75, 3.05) is 0 Å². The number of hydrogen-bond donors (Lipinski definition) is 1. The largest absolute Gasteiger partial charge is 0.410 e. The van der Waals surface area contributed by atoms with Crippen LogP contribution < -0.4 is 0 Å². The molecular weight excluding hydrogens is 172 g/mol. The second-order valence-electron chi connectivity index (χ2n) is 3.36. The van der Waals surface area contributed by atoms with Crippen LogP contribution in [0.15, 0.2) is 10.1 Å². The van der Waals surface area contributed by atoms with Gasteiger partial charge in [-0.3, -0.25) is 4.99 Å². The molecular formula is C8H12N2OS. The lowest BCUT2D eigenvalue weighted by atomic mass is 10.2. The molecule has 4 heteroatoms. The summed E-state index contributed by atoms with van der Waals surface area (Å²) in [5, 5.41) is 12.6. The summed E-state index contributed by atoms with van der Waals surface area (Å²) in [6.07, 6.45) is 4.77. The Bertz CT molecular complexity index is 254. The van der Waals surface area contributed by atoms with Gasteiger partial charge in [-0.15, -0.1) is 0 Å². The third-order valence-corrected chi connectivity index (χ3v) is 3.89. The molecule has 1 aliphatic carbocycles. The molecule has 3 nitrogen and oxygen atoms in total. The Balaban J connectivity index is 2.24. The SMILES string of the molecule is CC1=NC2(CCCC2)S/C1=N/O. The number of nitrogens with zero attached hydrogens (tertiary/aromatic N) is 2. The van der Waals surface area contributed by atoms with Crippen LogP contribution in [0.3, 0.4) is 0 Å². The molecule has 2 aliphatic rings. The van der Waals surface area contributed by atoms with E-state index in [1.807, 2.05) is 6.92 Å². The fourth-order valence-electron chi connectivity index (χ4n) is 1.86. The first kappa shape index (κ1) is 8.10. The minimum Gasteiger partial charge on any atom is -0.410 e. The predicted octanol–water partition coefficient (Wildman–Crippen LogP) is 2.25. The van der Waals surface area contributed by atoms with Crippen LogP contribution in [0.2, 0.25) is 0 Å². The summed E-state index contributed by atoms with van der Waals surface area (Å²) in [6, 6.07) is 0. The first-order valence-electron chi connectivity index (χ1n) is 4.24. The molecule has 12 heavy (non-hydrogen) atoms. The molecule has 1 spiro atoms. The maximum absolute atomic E-state index is 8.67. The third kappa shape index (κ3) is 1.14. The Morgan fingerprint density at radius 1 is 1.50 bits per heavy atom. The lowest BCUT2D eigenvalue weighted by Crippen LogP contribution is -2.12. The first-order valence-corrected chi connectivity index (χ1v) is 5.05. The number of hydrogen-bond acceptors (Lipinski definition) is 4. The van der Waals surface area contributed by atoms with Crippen molar-refractivity contribution in [2.24, 2.45) is 10.1 Å². The van der Waals surface area contributed by atoms with Gasteiger partial charge in [-0.05, 0) is 19.8 Å². The van der Waals surface area contributed by atoms with E-state index >= 15 is 0 Å². The van der Waals surface area contributed by atoms with Gasteiger partial charge in [0.25, 0.3) is 0 Å². The van der Waals surface area contributed by atoms with Crippen LogP contribution in [0.25, 0.3) is 0 Å². The van der Waals surface area contributed by atoms with Gasteiger partial charge in [0, 0.05) is 0 Å². The second-order valence-corrected chi connectivity index (χ2v) is 4.71. The molecule has 1 aliphatic heterocycles. The lowest BCUT2D eigenvalue weighted by Gasteiger charge is -2.15. The van der Waals surface area contributed by atoms with Crippen LogP contribution in [-0.2, 0) is 0 Å². The molecule has 2 rings (SSSR count). The lowest BCUT2D eigenvalue weighted by molar-refractivity contribution is 0.321. The normalized spacial score (nSPS) is 30.1. The van der Waals surface area contributed by atoms with E-state index in [1.54, 1.807) is 11.8 Å². The number of aliphatic imine (C=N–C) groups is 1. The summed E-state index contributed by atoms with van der Waals surface area (Å²) in [4.78, 5) is 4.61. The van der Waals surface area contributed by atoms with Crippen LogP contribution in [0.5, 0.6) is 0 Å². The summed E-state index contributed by atoms with van der Waals surface area (Å²) >= 11 is 1.62. The van der Waals surface area contributed by atoms with Gasteiger partial charge < -0.3 is 5.21 Å². The van der Waals surface area contributed by atoms with Gasteiger partial charge in [-0.2, -0.15) is 0 Å². The molecule has 1 heterocycles. The summed E-state index contributed by atoms with van der Waals surface area (Å²) in [7, 11) is 0. The smallest absolute Gasteiger partial charge is 0.158 e. The standard InChI is InChI=1S/C8H12N2OS/c1-6-7(10-11)12-8(9-6)4-2-3-5-8/h11H,2-5H2,1H3/b10-7+. The minimum atomic E-state index is 0.0473. The van der Waals surface area contributed by atoms with Crippen molar-refractivity contribution in [2.45, 2.75) is 37.5 Å². The van der Waals surface area contributed by atoms with Gasteiger partial charge in [0.05, 0.1) is 5.71 Å². The van der Waals surface area contributed by atoms with Crippen molar-refractivity contribution in [3.8, 4) is 0 Å². The van der Waals surface area contributed by atoms with E-state index in [-0.39, 0.29) is 4.87 Å². The topological polar surface area (TPSA) is 45.0 Å². The Hall–Kier alpha value is -0.510. The van der Waals surface area contributed by atoms with E-state index in [9.17, 15) is 0 Å². The van der Waals surface area contributed by atoms with Crippen molar-refractivity contribution in [1.29, 1.82) is 0 Å². The molecule has 0 saturated heterocycles. The van der Waals surface area contributed by atoms with Crippen molar-refractivity contribution >= 4 is 22.5 Å². The number of thioether (sulfide) groups is 1. The zero-order valence-electron chi connectivity index (χ0n) is 7.08. The molecule has 0 aromatic rings. The predicted molar refractivity (Wildman–Crippen MR) is 51.1 cm³/mol. The summed E-state index contributed by atoms with van der Waals surface area (Å²) < 4.78 is 0. The fourth-order valence-corrected chi connectivity index (χ4v) is 3.13. The van der Waals surface area contributed by atoms with Gasteiger partial charge in [0.15, 0.2) is 5.04 Å². The number of oxime groups is 1. The maximum Gasteiger partial charge on any atom is 0.158 e. The molecule has 0 bridgehead atoms. The van der Waals surface area contributed by atoms with Crippen LogP contribution in [0, 0.1) is 0 Å². The van der Waals surface area contributed by atoms with Crippen LogP contribution >= 0.6 is 11.8 Å². The Morgan fingerprint density at radius 3 is 2.67 bits per heavy atom. The quantitative estimate of drug-likeness (QED) is 0.463. The molecule has 1 saturated carbocycles. The zero-order valence-corrected chi connectivity index (χ0v) is 7.89. The highest BCUT2D eigenvalue weighted by atomic mass is 32.2. The monoisotopic (exact) mass is 184 g/mol. The molecule has 0 aromatic heterocycles. The fraction of sp³-hybridized carbons (Fsp3) is 0.750. The summed E-state index contributed by atoms with van der Waals surface area (Å²) in [5.74, 6) is 0. The van der Waals surface area contributed by atoms with Crippen LogP contribution in [0.1, 0.15) is 32.6 Å². The van der Waals surface area contributed by atoms with Crippen molar-refractivity contribution in [1.82, 2.24) is 0 Å². The maximum atomic E-state index is 8.67. The Kier molecular flexibility index (Phi) is 1.87. The van der Waals surface area contributed by atoms with Gasteiger partial charge in [-0.1, -0.05) is 29.8 Å². The average Bonchev–Trinajstić information content (AvgIpc) is 2.60. The van der Waals surface area contributed by atoms with Crippen molar-refractivity contribution in [3.63, 3.8) is 0 Å². The molecule has 1 fully saturated rings. The van der Waals surface area contributed by atoms with Crippen molar-refractivity contribution in [3.05, 3.63) is 0 Å². The van der Waals surface area contributed by atoms with E-state index in [1.165, 1.54) is 12.8 Å². The first-order chi connectivity index (χ1) is 5.76. The highest BCUT2D eigenvalue weighted by Gasteiger charge is 2.40. The molecule has 66 valence electrons. The van der Waals surface area contributed by atoms with E-state index in [0.717, 1.165) is 18.6 Å². The van der Waals surface area contributed by atoms with Crippen LogP contribution in [-0.4, -0.2) is 20.8 Å². The van der Waals surface area contributed by atoms with Gasteiger partial charge in [-0.25, -0.2) is 0 Å². The Labute approximate surface area is 75.9 Å². The Morgan fingerprint density at radius 2 is 2.17 bits per heavy atom. The van der Waals surface area contributed by atoms with Gasteiger partial charge >= 0.3 is 0 Å². The van der Waals surface area contributed by atoms with E-state index < -0.39 is 0 Å². The molecule has 0 radical (unpaired) electrons.